The highest BCUT2D eigenvalue weighted by Gasteiger charge is 2.27. The quantitative estimate of drug-likeness (QED) is 0.621. The number of nitrogens with one attached hydrogen (secondary N) is 1. The number of aryl methyl sites for hydroxylation is 1. The molecule has 0 aromatic carbocycles. The number of hydrogen-bond acceptors (Lipinski definition) is 4. The van der Waals surface area contributed by atoms with E-state index in [1.165, 1.54) is 30.5 Å². The van der Waals surface area contributed by atoms with Crippen LogP contribution >= 0.6 is 11.8 Å². The van der Waals surface area contributed by atoms with E-state index < -0.39 is 0 Å². The molecule has 0 aliphatic heterocycles. The van der Waals surface area contributed by atoms with Crippen LogP contribution in [-0.4, -0.2) is 23.0 Å². The lowest BCUT2D eigenvalue weighted by atomic mass is 9.81. The molecule has 1 aliphatic rings. The van der Waals surface area contributed by atoms with Crippen LogP contribution in [-0.2, 0) is 6.42 Å². The number of aromatic nitrogens is 1. The first kappa shape index (κ1) is 12.9. The molecule has 0 fully saturated rings. The molecule has 3 nitrogen and oxygen atoms in total. The molecular weight excluding hydrogens is 230 g/mol. The molecule has 17 heavy (non-hydrogen) atoms. The first-order chi connectivity index (χ1) is 8.36. The van der Waals surface area contributed by atoms with E-state index in [-0.39, 0.29) is 0 Å². The van der Waals surface area contributed by atoms with Crippen LogP contribution in [0.1, 0.15) is 36.4 Å². The zero-order valence-corrected chi connectivity index (χ0v) is 11.2. The Kier molecular flexibility index (Phi) is 4.83. The molecule has 1 aromatic rings. The molecule has 0 saturated carbocycles. The van der Waals surface area contributed by atoms with E-state index in [0.717, 1.165) is 12.2 Å². The summed E-state index contributed by atoms with van der Waals surface area (Å²) in [6, 6.07) is 4.60. The predicted molar refractivity (Wildman–Crippen MR) is 74.0 cm³/mol. The van der Waals surface area contributed by atoms with Crippen LogP contribution in [0, 0.1) is 0 Å². The molecule has 0 spiro atoms. The van der Waals surface area contributed by atoms with Gasteiger partial charge >= 0.3 is 0 Å². The SMILES string of the molecule is CSCCC(NN)C1CCCc2cccnc21. The number of thioether (sulfide) groups is 1. The number of rotatable bonds is 5. The van der Waals surface area contributed by atoms with E-state index in [1.807, 2.05) is 24.0 Å². The van der Waals surface area contributed by atoms with Gasteiger partial charge in [0.25, 0.3) is 0 Å². The van der Waals surface area contributed by atoms with Gasteiger partial charge in [-0.05, 0) is 49.3 Å². The van der Waals surface area contributed by atoms with Gasteiger partial charge in [0.05, 0.1) is 0 Å². The summed E-state index contributed by atoms with van der Waals surface area (Å²) in [6.07, 6.45) is 8.77. The molecule has 0 radical (unpaired) electrons. The van der Waals surface area contributed by atoms with Crippen LogP contribution in [0.2, 0.25) is 0 Å². The topological polar surface area (TPSA) is 50.9 Å². The molecular formula is C13H21N3S. The third-order valence-corrected chi connectivity index (χ3v) is 4.22. The van der Waals surface area contributed by atoms with Gasteiger partial charge in [0.2, 0.25) is 0 Å². The summed E-state index contributed by atoms with van der Waals surface area (Å²) in [4.78, 5) is 4.58. The van der Waals surface area contributed by atoms with Gasteiger partial charge in [-0.1, -0.05) is 6.07 Å². The zero-order valence-electron chi connectivity index (χ0n) is 10.4. The largest absolute Gasteiger partial charge is 0.271 e. The summed E-state index contributed by atoms with van der Waals surface area (Å²) in [6.45, 7) is 0. The van der Waals surface area contributed by atoms with Gasteiger partial charge in [-0.25, -0.2) is 0 Å². The second-order valence-electron chi connectivity index (χ2n) is 4.60. The highest BCUT2D eigenvalue weighted by molar-refractivity contribution is 7.98. The fourth-order valence-corrected chi connectivity index (χ4v) is 3.17. The Balaban J connectivity index is 2.15. The van der Waals surface area contributed by atoms with Crippen molar-refractivity contribution in [1.29, 1.82) is 0 Å². The molecule has 1 heterocycles. The first-order valence-corrected chi connectivity index (χ1v) is 7.65. The van der Waals surface area contributed by atoms with E-state index in [2.05, 4.69) is 22.7 Å². The Labute approximate surface area is 108 Å². The van der Waals surface area contributed by atoms with Gasteiger partial charge in [0.1, 0.15) is 0 Å². The van der Waals surface area contributed by atoms with E-state index in [1.54, 1.807) is 0 Å². The lowest BCUT2D eigenvalue weighted by Gasteiger charge is -2.30. The van der Waals surface area contributed by atoms with Crippen molar-refractivity contribution in [3.8, 4) is 0 Å². The maximum atomic E-state index is 5.71. The molecule has 0 amide bonds. The van der Waals surface area contributed by atoms with Crippen molar-refractivity contribution < 1.29 is 0 Å². The zero-order chi connectivity index (χ0) is 12.1. The summed E-state index contributed by atoms with van der Waals surface area (Å²) in [5.74, 6) is 7.34. The molecule has 0 bridgehead atoms. The number of nitrogens with two attached hydrogens (primary N) is 1. The third kappa shape index (κ3) is 3.00. The molecule has 1 aromatic heterocycles. The second kappa shape index (κ2) is 6.38. The summed E-state index contributed by atoms with van der Waals surface area (Å²) in [5, 5.41) is 0. The standard InChI is InChI=1S/C13H21N3S/c1-17-9-7-12(16-14)11-6-2-4-10-5-3-8-15-13(10)11/h3,5,8,11-12,16H,2,4,6-7,9,14H2,1H3. The first-order valence-electron chi connectivity index (χ1n) is 6.25. The average Bonchev–Trinajstić information content (AvgIpc) is 2.40. The van der Waals surface area contributed by atoms with Crippen LogP contribution in [0.25, 0.3) is 0 Å². The lowest BCUT2D eigenvalue weighted by Crippen LogP contribution is -2.41. The normalized spacial score (nSPS) is 20.9. The molecule has 3 N–H and O–H groups in total. The monoisotopic (exact) mass is 251 g/mol. The van der Waals surface area contributed by atoms with Crippen LogP contribution in [0.4, 0.5) is 0 Å². The van der Waals surface area contributed by atoms with E-state index in [4.69, 9.17) is 5.84 Å². The third-order valence-electron chi connectivity index (χ3n) is 3.57. The Hall–Kier alpha value is -0.580. The lowest BCUT2D eigenvalue weighted by molar-refractivity contribution is 0.383. The molecule has 4 heteroatoms. The Morgan fingerprint density at radius 2 is 2.53 bits per heavy atom. The van der Waals surface area contributed by atoms with Gasteiger partial charge in [-0.2, -0.15) is 11.8 Å². The predicted octanol–water partition coefficient (Wildman–Crippen LogP) is 2.09. The highest BCUT2D eigenvalue weighted by atomic mass is 32.2. The molecule has 2 atom stereocenters. The van der Waals surface area contributed by atoms with Gasteiger partial charge in [0, 0.05) is 23.9 Å². The Morgan fingerprint density at radius 1 is 1.65 bits per heavy atom. The summed E-state index contributed by atoms with van der Waals surface area (Å²) >= 11 is 1.87. The summed E-state index contributed by atoms with van der Waals surface area (Å²) < 4.78 is 0. The fourth-order valence-electron chi connectivity index (χ4n) is 2.68. The van der Waals surface area contributed by atoms with Crippen LogP contribution in [0.15, 0.2) is 18.3 Å². The smallest absolute Gasteiger partial charge is 0.0482 e. The Bertz CT molecular complexity index is 356. The van der Waals surface area contributed by atoms with Gasteiger partial charge in [-0.15, -0.1) is 0 Å². The maximum Gasteiger partial charge on any atom is 0.0482 e. The van der Waals surface area contributed by atoms with Gasteiger partial charge in [0.15, 0.2) is 0 Å². The molecule has 94 valence electrons. The minimum Gasteiger partial charge on any atom is -0.271 e. The molecule has 2 unspecified atom stereocenters. The average molecular weight is 251 g/mol. The van der Waals surface area contributed by atoms with Crippen molar-refractivity contribution in [1.82, 2.24) is 10.4 Å². The van der Waals surface area contributed by atoms with E-state index in [0.29, 0.717) is 12.0 Å². The van der Waals surface area contributed by atoms with E-state index in [9.17, 15) is 0 Å². The van der Waals surface area contributed by atoms with Gasteiger partial charge in [-0.3, -0.25) is 16.3 Å². The van der Waals surface area contributed by atoms with Crippen LogP contribution in [0.5, 0.6) is 0 Å². The summed E-state index contributed by atoms with van der Waals surface area (Å²) in [7, 11) is 0. The fraction of sp³-hybridized carbons (Fsp3) is 0.615. The highest BCUT2D eigenvalue weighted by Crippen LogP contribution is 2.33. The number of pyridine rings is 1. The van der Waals surface area contributed by atoms with Crippen molar-refractivity contribution in [3.05, 3.63) is 29.6 Å². The Morgan fingerprint density at radius 3 is 3.29 bits per heavy atom. The van der Waals surface area contributed by atoms with Crippen molar-refractivity contribution >= 4 is 11.8 Å². The number of fused-ring (bicyclic) bond motifs is 1. The minimum atomic E-state index is 0.358. The van der Waals surface area contributed by atoms with Crippen LogP contribution in [0.3, 0.4) is 0 Å². The van der Waals surface area contributed by atoms with Crippen molar-refractivity contribution in [3.63, 3.8) is 0 Å². The number of hydrogen-bond donors (Lipinski definition) is 2. The minimum absolute atomic E-state index is 0.358. The number of nitrogens with zero attached hydrogens (tertiary/aromatic N) is 1. The van der Waals surface area contributed by atoms with Crippen LogP contribution < -0.4 is 11.3 Å². The van der Waals surface area contributed by atoms with Crippen molar-refractivity contribution in [2.45, 2.75) is 37.6 Å². The van der Waals surface area contributed by atoms with E-state index >= 15 is 0 Å². The van der Waals surface area contributed by atoms with Gasteiger partial charge < -0.3 is 0 Å². The van der Waals surface area contributed by atoms with Crippen molar-refractivity contribution in [2.24, 2.45) is 5.84 Å². The molecule has 1 aliphatic carbocycles. The second-order valence-corrected chi connectivity index (χ2v) is 5.59. The summed E-state index contributed by atoms with van der Waals surface area (Å²) in [5.41, 5.74) is 5.67. The molecule has 2 rings (SSSR count). The van der Waals surface area contributed by atoms with Crippen molar-refractivity contribution in [2.75, 3.05) is 12.0 Å². The maximum absolute atomic E-state index is 5.71. The number of hydrazine groups is 1. The molecule has 0 saturated heterocycles.